The number of benzene rings is 2. The molecule has 1 aromatic heterocycles. The highest BCUT2D eigenvalue weighted by Gasteiger charge is 2.22. The van der Waals surface area contributed by atoms with E-state index in [2.05, 4.69) is 15.6 Å². The van der Waals surface area contributed by atoms with Gasteiger partial charge in [-0.3, -0.25) is 5.43 Å². The van der Waals surface area contributed by atoms with Crippen LogP contribution >= 0.6 is 35.0 Å². The standard InChI is InChI=1S/C16H10Cl2N4O2S/c17-10-3-1-2-9(14(10)18)15-19-20-16-22(15)21-11(7-25-16)8-4-5-12(23)13(24)6-8/h1-7,21,23-24H. The highest BCUT2D eigenvalue weighted by atomic mass is 35.5. The average Bonchev–Trinajstić information content (AvgIpc) is 3.03. The Morgan fingerprint density at radius 3 is 2.68 bits per heavy atom. The molecule has 1 aliphatic heterocycles. The number of phenolic OH excluding ortho intramolecular Hbond substituents is 2. The Morgan fingerprint density at radius 2 is 1.88 bits per heavy atom. The number of halogens is 2. The number of aromatic hydroxyl groups is 2. The Morgan fingerprint density at radius 1 is 1.04 bits per heavy atom. The Hall–Kier alpha value is -2.35. The minimum Gasteiger partial charge on any atom is -0.504 e. The summed E-state index contributed by atoms with van der Waals surface area (Å²) < 4.78 is 1.70. The molecule has 4 rings (SSSR count). The molecule has 0 fully saturated rings. The van der Waals surface area contributed by atoms with Crippen LogP contribution in [0.4, 0.5) is 0 Å². The number of phenols is 2. The number of aromatic nitrogens is 3. The summed E-state index contributed by atoms with van der Waals surface area (Å²) in [6.45, 7) is 0. The fourth-order valence-corrected chi connectivity index (χ4v) is 3.50. The topological polar surface area (TPSA) is 83.2 Å². The van der Waals surface area contributed by atoms with E-state index in [4.69, 9.17) is 23.2 Å². The van der Waals surface area contributed by atoms with Crippen molar-refractivity contribution in [2.24, 2.45) is 0 Å². The molecule has 0 amide bonds. The van der Waals surface area contributed by atoms with E-state index in [1.807, 2.05) is 11.5 Å². The van der Waals surface area contributed by atoms with Gasteiger partial charge in [0.1, 0.15) is 0 Å². The molecule has 0 bridgehead atoms. The van der Waals surface area contributed by atoms with Gasteiger partial charge in [-0.15, -0.1) is 10.2 Å². The molecule has 0 unspecified atom stereocenters. The third-order valence-corrected chi connectivity index (χ3v) is 5.27. The van der Waals surface area contributed by atoms with Gasteiger partial charge in [-0.25, -0.2) is 4.68 Å². The molecule has 1 aliphatic rings. The molecule has 3 N–H and O–H groups in total. The maximum absolute atomic E-state index is 9.71. The first-order chi connectivity index (χ1) is 12.0. The first-order valence-electron chi connectivity index (χ1n) is 7.10. The van der Waals surface area contributed by atoms with Gasteiger partial charge in [0.15, 0.2) is 17.3 Å². The van der Waals surface area contributed by atoms with Crippen molar-refractivity contribution in [1.29, 1.82) is 0 Å². The van der Waals surface area contributed by atoms with Crippen molar-refractivity contribution >= 4 is 40.7 Å². The number of nitrogens with one attached hydrogen (secondary N) is 1. The van der Waals surface area contributed by atoms with Crippen LogP contribution < -0.4 is 5.43 Å². The van der Waals surface area contributed by atoms with Crippen molar-refractivity contribution < 1.29 is 10.2 Å². The van der Waals surface area contributed by atoms with Gasteiger partial charge in [0.05, 0.1) is 15.7 Å². The number of hydrogen-bond acceptors (Lipinski definition) is 6. The summed E-state index contributed by atoms with van der Waals surface area (Å²) in [5.41, 5.74) is 5.25. The van der Waals surface area contributed by atoms with Gasteiger partial charge < -0.3 is 10.2 Å². The molecule has 0 radical (unpaired) electrons. The van der Waals surface area contributed by atoms with E-state index in [1.54, 1.807) is 22.9 Å². The molecule has 0 atom stereocenters. The Bertz CT molecular complexity index is 1020. The third kappa shape index (κ3) is 2.80. The van der Waals surface area contributed by atoms with Gasteiger partial charge >= 0.3 is 0 Å². The monoisotopic (exact) mass is 392 g/mol. The van der Waals surface area contributed by atoms with Crippen LogP contribution in [0.1, 0.15) is 5.56 Å². The predicted molar refractivity (Wildman–Crippen MR) is 98.4 cm³/mol. The van der Waals surface area contributed by atoms with Crippen LogP contribution in [0.2, 0.25) is 10.0 Å². The van der Waals surface area contributed by atoms with Crippen LogP contribution in [0.3, 0.4) is 0 Å². The highest BCUT2D eigenvalue weighted by molar-refractivity contribution is 8.02. The summed E-state index contributed by atoms with van der Waals surface area (Å²) in [6.07, 6.45) is 0. The zero-order valence-corrected chi connectivity index (χ0v) is 14.8. The molecule has 0 aliphatic carbocycles. The molecule has 6 nitrogen and oxygen atoms in total. The van der Waals surface area contributed by atoms with Gasteiger partial charge in [-0.1, -0.05) is 41.0 Å². The van der Waals surface area contributed by atoms with E-state index >= 15 is 0 Å². The Kier molecular flexibility index (Phi) is 3.99. The summed E-state index contributed by atoms with van der Waals surface area (Å²) in [4.78, 5) is 0. The lowest BCUT2D eigenvalue weighted by Crippen LogP contribution is -2.18. The van der Waals surface area contributed by atoms with Crippen LogP contribution in [0.15, 0.2) is 47.0 Å². The molecule has 2 aromatic carbocycles. The summed E-state index contributed by atoms with van der Waals surface area (Å²) in [5, 5.41) is 30.8. The zero-order valence-electron chi connectivity index (χ0n) is 12.4. The Balaban J connectivity index is 1.74. The predicted octanol–water partition coefficient (Wildman–Crippen LogP) is 4.31. The van der Waals surface area contributed by atoms with E-state index < -0.39 is 0 Å². The molecule has 126 valence electrons. The smallest absolute Gasteiger partial charge is 0.214 e. The number of nitrogens with zero attached hydrogens (tertiary/aromatic N) is 3. The maximum Gasteiger partial charge on any atom is 0.214 e. The van der Waals surface area contributed by atoms with Crippen molar-refractivity contribution in [2.75, 3.05) is 5.43 Å². The molecule has 2 heterocycles. The Labute approximate surface area is 156 Å². The van der Waals surface area contributed by atoms with Crippen molar-refractivity contribution in [2.45, 2.75) is 5.16 Å². The average molecular weight is 393 g/mol. The summed E-state index contributed by atoms with van der Waals surface area (Å²) in [6, 6.07) is 9.88. The van der Waals surface area contributed by atoms with Crippen molar-refractivity contribution in [3.05, 3.63) is 57.4 Å². The highest BCUT2D eigenvalue weighted by Crippen LogP contribution is 2.37. The van der Waals surface area contributed by atoms with E-state index in [-0.39, 0.29) is 11.5 Å². The number of fused-ring (bicyclic) bond motifs is 1. The second-order valence-corrected chi connectivity index (χ2v) is 6.83. The van der Waals surface area contributed by atoms with Gasteiger partial charge in [0.2, 0.25) is 5.16 Å². The number of thioether (sulfide) groups is 1. The molecule has 9 heteroatoms. The second-order valence-electron chi connectivity index (χ2n) is 5.21. The molecule has 0 saturated heterocycles. The summed E-state index contributed by atoms with van der Waals surface area (Å²) >= 11 is 13.8. The maximum atomic E-state index is 9.71. The van der Waals surface area contributed by atoms with Crippen LogP contribution in [0, 0.1) is 0 Å². The molecule has 0 spiro atoms. The molecular formula is C16H10Cl2N4O2S. The van der Waals surface area contributed by atoms with Gasteiger partial charge in [-0.05, 0) is 30.3 Å². The lowest BCUT2D eigenvalue weighted by atomic mass is 10.1. The van der Waals surface area contributed by atoms with E-state index in [0.717, 1.165) is 0 Å². The first-order valence-corrected chi connectivity index (χ1v) is 8.74. The van der Waals surface area contributed by atoms with Crippen LogP contribution in [0.5, 0.6) is 11.5 Å². The fraction of sp³-hybridized carbons (Fsp3) is 0. The van der Waals surface area contributed by atoms with Crippen LogP contribution in [-0.2, 0) is 0 Å². The largest absolute Gasteiger partial charge is 0.504 e. The number of hydrogen-bond donors (Lipinski definition) is 3. The SMILES string of the molecule is Oc1ccc(C2=CSc3nnc(-c4cccc(Cl)c4Cl)n3N2)cc1O. The van der Waals surface area contributed by atoms with Gasteiger partial charge in [0, 0.05) is 16.5 Å². The lowest BCUT2D eigenvalue weighted by molar-refractivity contribution is 0.403. The molecular weight excluding hydrogens is 383 g/mol. The van der Waals surface area contributed by atoms with Crippen LogP contribution in [0.25, 0.3) is 17.1 Å². The van der Waals surface area contributed by atoms with Crippen molar-refractivity contribution in [1.82, 2.24) is 14.9 Å². The van der Waals surface area contributed by atoms with Gasteiger partial charge in [-0.2, -0.15) is 0 Å². The minimum atomic E-state index is -0.196. The van der Waals surface area contributed by atoms with E-state index in [9.17, 15) is 10.2 Å². The molecule has 25 heavy (non-hydrogen) atoms. The normalized spacial score (nSPS) is 13.1. The summed E-state index contributed by atoms with van der Waals surface area (Å²) in [7, 11) is 0. The van der Waals surface area contributed by atoms with Crippen molar-refractivity contribution in [3.8, 4) is 22.9 Å². The zero-order chi connectivity index (χ0) is 17.6. The quantitative estimate of drug-likeness (QED) is 0.563. The van der Waals surface area contributed by atoms with Gasteiger partial charge in [0.25, 0.3) is 0 Å². The van der Waals surface area contributed by atoms with Crippen LogP contribution in [-0.4, -0.2) is 25.1 Å². The third-order valence-electron chi connectivity index (χ3n) is 3.63. The second kappa shape index (κ2) is 6.18. The number of rotatable bonds is 2. The van der Waals surface area contributed by atoms with E-state index in [0.29, 0.717) is 37.9 Å². The fourth-order valence-electron chi connectivity index (χ4n) is 2.38. The van der Waals surface area contributed by atoms with Crippen molar-refractivity contribution in [3.63, 3.8) is 0 Å². The minimum absolute atomic E-state index is 0.177. The summed E-state index contributed by atoms with van der Waals surface area (Å²) in [5.74, 6) is 0.144. The molecule has 0 saturated carbocycles. The molecule has 3 aromatic rings. The lowest BCUT2D eigenvalue weighted by Gasteiger charge is -2.19. The van der Waals surface area contributed by atoms with E-state index in [1.165, 1.54) is 23.9 Å². The first kappa shape index (κ1) is 16.1.